The van der Waals surface area contributed by atoms with Crippen molar-refractivity contribution in [3.63, 3.8) is 0 Å². The van der Waals surface area contributed by atoms with Crippen molar-refractivity contribution in [1.82, 2.24) is 23.9 Å². The monoisotopic (exact) mass is 511 g/mol. The smallest absolute Gasteiger partial charge is 0.410 e. The fourth-order valence-electron chi connectivity index (χ4n) is 6.47. The van der Waals surface area contributed by atoms with Crippen LogP contribution in [0.25, 0.3) is 0 Å². The van der Waals surface area contributed by atoms with E-state index in [-0.39, 0.29) is 24.2 Å². The Morgan fingerprint density at radius 2 is 1.97 bits per heavy atom. The second-order valence-electron chi connectivity index (χ2n) is 10.4. The molecule has 4 aliphatic rings. The van der Waals surface area contributed by atoms with Crippen molar-refractivity contribution in [3.05, 3.63) is 24.0 Å². The Labute approximate surface area is 205 Å². The molecule has 2 aliphatic heterocycles. The standard InChI is InChI=1S/C23H34FN5O5S/c1-14-9-19(27-35(31,32)28-7-4-8-28)20(29(14)22(30)33-3)13-34-17-5-6-23(15(2)18(23)10-17)21-25-11-16(24)12-26-21/h11-12,14-15,17-20,27H,4-10,13H2,1-3H3/t14-,15?,17-,18?,19+,20+,23+/m1/s1. The summed E-state index contributed by atoms with van der Waals surface area (Å²) in [7, 11) is -2.27. The quantitative estimate of drug-likeness (QED) is 0.594. The van der Waals surface area contributed by atoms with E-state index in [1.807, 2.05) is 6.92 Å². The van der Waals surface area contributed by atoms with Gasteiger partial charge in [-0.2, -0.15) is 17.4 Å². The number of nitrogens with zero attached hydrogens (tertiary/aromatic N) is 4. The van der Waals surface area contributed by atoms with E-state index in [2.05, 4.69) is 21.6 Å². The molecule has 10 nitrogen and oxygen atoms in total. The fourth-order valence-corrected chi connectivity index (χ4v) is 7.99. The van der Waals surface area contributed by atoms with Crippen LogP contribution in [0.15, 0.2) is 12.4 Å². The molecule has 1 aromatic heterocycles. The number of carbonyl (C=O) groups is 1. The summed E-state index contributed by atoms with van der Waals surface area (Å²) in [6, 6.07) is -1.10. The number of rotatable bonds is 7. The predicted octanol–water partition coefficient (Wildman–Crippen LogP) is 1.83. The highest BCUT2D eigenvalue weighted by molar-refractivity contribution is 7.87. The molecule has 5 rings (SSSR count). The van der Waals surface area contributed by atoms with E-state index >= 15 is 0 Å². The van der Waals surface area contributed by atoms with Gasteiger partial charge in [0, 0.05) is 30.6 Å². The summed E-state index contributed by atoms with van der Waals surface area (Å²) in [5, 5.41) is 0. The first-order chi connectivity index (χ1) is 16.7. The highest BCUT2D eigenvalue weighted by atomic mass is 32.2. The van der Waals surface area contributed by atoms with Crippen LogP contribution in [0.3, 0.4) is 0 Å². The van der Waals surface area contributed by atoms with Crippen molar-refractivity contribution in [2.24, 2.45) is 11.8 Å². The average Bonchev–Trinajstić information content (AvgIpc) is 3.25. The molecule has 0 spiro atoms. The lowest BCUT2D eigenvalue weighted by molar-refractivity contribution is -0.0104. The molecule has 1 N–H and O–H groups in total. The van der Waals surface area contributed by atoms with Gasteiger partial charge in [-0.05, 0) is 50.9 Å². The summed E-state index contributed by atoms with van der Waals surface area (Å²) >= 11 is 0. The molecule has 2 aliphatic carbocycles. The number of nitrogens with one attached hydrogen (secondary N) is 1. The Balaban J connectivity index is 1.25. The van der Waals surface area contributed by atoms with E-state index in [9.17, 15) is 17.6 Å². The second-order valence-corrected chi connectivity index (χ2v) is 12.1. The molecule has 2 saturated heterocycles. The van der Waals surface area contributed by atoms with Gasteiger partial charge in [-0.3, -0.25) is 4.90 Å². The van der Waals surface area contributed by atoms with Crippen LogP contribution in [0.4, 0.5) is 9.18 Å². The largest absolute Gasteiger partial charge is 0.453 e. The zero-order valence-corrected chi connectivity index (χ0v) is 21.2. The summed E-state index contributed by atoms with van der Waals surface area (Å²) in [4.78, 5) is 22.7. The molecule has 12 heteroatoms. The number of fused-ring (bicyclic) bond motifs is 1. The topological polar surface area (TPSA) is 114 Å². The normalized spacial score (nSPS) is 37.0. The number of aromatic nitrogens is 2. The minimum absolute atomic E-state index is 0.0124. The lowest BCUT2D eigenvalue weighted by Crippen LogP contribution is -2.55. The summed E-state index contributed by atoms with van der Waals surface area (Å²) in [6.45, 7) is 5.32. The van der Waals surface area contributed by atoms with Crippen LogP contribution in [0, 0.1) is 17.7 Å². The molecule has 4 fully saturated rings. The van der Waals surface area contributed by atoms with Crippen molar-refractivity contribution >= 4 is 16.3 Å². The molecule has 1 amide bonds. The molecule has 0 bridgehead atoms. The van der Waals surface area contributed by atoms with Gasteiger partial charge in [-0.15, -0.1) is 0 Å². The Morgan fingerprint density at radius 1 is 1.26 bits per heavy atom. The maximum Gasteiger partial charge on any atom is 0.410 e. The number of amides is 1. The first kappa shape index (κ1) is 24.8. The Hall–Kier alpha value is -1.89. The number of carbonyl (C=O) groups excluding carboxylic acids is 1. The van der Waals surface area contributed by atoms with Crippen LogP contribution in [-0.2, 0) is 25.1 Å². The zero-order valence-electron chi connectivity index (χ0n) is 20.4. The summed E-state index contributed by atoms with van der Waals surface area (Å²) in [6.07, 6.45) is 5.78. The van der Waals surface area contributed by atoms with Crippen molar-refractivity contribution in [3.8, 4) is 0 Å². The predicted molar refractivity (Wildman–Crippen MR) is 124 cm³/mol. The summed E-state index contributed by atoms with van der Waals surface area (Å²) < 4.78 is 54.4. The number of hydrogen-bond acceptors (Lipinski definition) is 7. The molecule has 1 aromatic rings. The van der Waals surface area contributed by atoms with E-state index in [1.165, 1.54) is 23.8 Å². The van der Waals surface area contributed by atoms with Crippen molar-refractivity contribution in [1.29, 1.82) is 0 Å². The van der Waals surface area contributed by atoms with Gasteiger partial charge in [0.2, 0.25) is 0 Å². The molecule has 2 saturated carbocycles. The van der Waals surface area contributed by atoms with Gasteiger partial charge in [-0.1, -0.05) is 6.92 Å². The minimum atomic E-state index is -3.61. The molecule has 0 radical (unpaired) electrons. The highest BCUT2D eigenvalue weighted by Crippen LogP contribution is 2.66. The van der Waals surface area contributed by atoms with Crippen LogP contribution in [0.2, 0.25) is 0 Å². The Bertz CT molecular complexity index is 1050. The Morgan fingerprint density at radius 3 is 2.57 bits per heavy atom. The lowest BCUT2D eigenvalue weighted by atomic mass is 9.85. The third-order valence-corrected chi connectivity index (χ3v) is 10.3. The van der Waals surface area contributed by atoms with Gasteiger partial charge in [0.25, 0.3) is 10.2 Å². The van der Waals surface area contributed by atoms with E-state index in [4.69, 9.17) is 9.47 Å². The van der Waals surface area contributed by atoms with E-state index in [1.54, 1.807) is 4.90 Å². The highest BCUT2D eigenvalue weighted by Gasteiger charge is 2.66. The number of likely N-dealkylation sites (tertiary alicyclic amines) is 1. The maximum atomic E-state index is 13.3. The summed E-state index contributed by atoms with van der Waals surface area (Å²) in [5.41, 5.74) is -0.122. The van der Waals surface area contributed by atoms with Crippen molar-refractivity contribution < 1.29 is 27.1 Å². The van der Waals surface area contributed by atoms with Gasteiger partial charge < -0.3 is 9.47 Å². The minimum Gasteiger partial charge on any atom is -0.453 e. The number of halogens is 1. The van der Waals surface area contributed by atoms with E-state index < -0.39 is 34.2 Å². The van der Waals surface area contributed by atoms with Crippen molar-refractivity contribution in [2.45, 2.75) is 75.6 Å². The van der Waals surface area contributed by atoms with E-state index in [0.717, 1.165) is 25.7 Å². The molecule has 0 aromatic carbocycles. The van der Waals surface area contributed by atoms with Gasteiger partial charge in [-0.25, -0.2) is 19.2 Å². The zero-order chi connectivity index (χ0) is 25.0. The molecule has 194 valence electrons. The first-order valence-electron chi connectivity index (χ1n) is 12.4. The lowest BCUT2D eigenvalue weighted by Gasteiger charge is -2.34. The fraction of sp³-hybridized carbons (Fsp3) is 0.783. The average molecular weight is 512 g/mol. The third kappa shape index (κ3) is 4.32. The van der Waals surface area contributed by atoms with Crippen LogP contribution in [-0.4, -0.2) is 84.7 Å². The Kier molecular flexibility index (Phi) is 6.52. The van der Waals surface area contributed by atoms with E-state index in [0.29, 0.717) is 37.2 Å². The van der Waals surface area contributed by atoms with Crippen LogP contribution in [0.5, 0.6) is 0 Å². The number of methoxy groups -OCH3 is 1. The first-order valence-corrected chi connectivity index (χ1v) is 13.8. The van der Waals surface area contributed by atoms with Crippen molar-refractivity contribution in [2.75, 3.05) is 26.8 Å². The second kappa shape index (κ2) is 9.20. The molecule has 2 unspecified atom stereocenters. The maximum absolute atomic E-state index is 13.3. The summed E-state index contributed by atoms with van der Waals surface area (Å²) in [5.74, 6) is 1.01. The molecular weight excluding hydrogens is 477 g/mol. The van der Waals surface area contributed by atoms with Crippen LogP contribution >= 0.6 is 0 Å². The van der Waals surface area contributed by atoms with Gasteiger partial charge in [0.1, 0.15) is 5.82 Å². The molecule has 3 heterocycles. The van der Waals surface area contributed by atoms with Gasteiger partial charge in [0.05, 0.1) is 38.3 Å². The SMILES string of the molecule is COC(=O)N1[C@H](C)C[C@H](NS(=O)(=O)N2CCC2)[C@@H]1CO[C@@H]1CC[C@]2(c3ncc(F)cn3)C(C)C2C1. The molecule has 7 atom stereocenters. The van der Waals surface area contributed by atoms with Crippen LogP contribution < -0.4 is 4.72 Å². The molecular formula is C23H34FN5O5S. The number of hydrogen-bond donors (Lipinski definition) is 1. The van der Waals surface area contributed by atoms with Gasteiger partial charge >= 0.3 is 6.09 Å². The molecule has 35 heavy (non-hydrogen) atoms. The number of ether oxygens (including phenoxy) is 2. The van der Waals surface area contributed by atoms with Crippen LogP contribution in [0.1, 0.15) is 51.8 Å². The third-order valence-electron chi connectivity index (χ3n) is 8.64. The van der Waals surface area contributed by atoms with Gasteiger partial charge in [0.15, 0.2) is 5.82 Å².